The van der Waals surface area contributed by atoms with Crippen LogP contribution in [0.25, 0.3) is 0 Å². The molecule has 2 unspecified atom stereocenters. The summed E-state index contributed by atoms with van der Waals surface area (Å²) in [5.41, 5.74) is 9.52. The third-order valence-corrected chi connectivity index (χ3v) is 6.86. The summed E-state index contributed by atoms with van der Waals surface area (Å²) in [6.07, 6.45) is 10.6. The van der Waals surface area contributed by atoms with Gasteiger partial charge < -0.3 is 10.6 Å². The lowest BCUT2D eigenvalue weighted by molar-refractivity contribution is 0.0968. The standard InChI is InChI=1S/C22H24N8O/c23-21-18-2-1-14(17(18)3-4-24-21)6-20(31)19-12-30(28-27-19)9-13-7-25-22(26-8-13)29-10-15-5-16(15)11-29/h3-4,7-8,12,14-16H,1-2,5-6,9-11H2,(H2,23,24)/t14-,15?,16?/m0/s1. The first-order valence-electron chi connectivity index (χ1n) is 10.9. The fraction of sp³-hybridized carbons (Fsp3) is 0.455. The number of fused-ring (bicyclic) bond motifs is 2. The molecule has 1 saturated heterocycles. The highest BCUT2D eigenvalue weighted by molar-refractivity contribution is 5.94. The van der Waals surface area contributed by atoms with Gasteiger partial charge in [0.1, 0.15) is 11.5 Å². The second-order valence-electron chi connectivity index (χ2n) is 8.98. The second-order valence-corrected chi connectivity index (χ2v) is 8.98. The van der Waals surface area contributed by atoms with Crippen molar-refractivity contribution >= 4 is 17.5 Å². The Balaban J connectivity index is 1.09. The topological polar surface area (TPSA) is 116 Å². The SMILES string of the molecule is Nc1nccc2c1CC[C@H]2CC(=O)c1cn(Cc2cnc(N3CC4CC4C3)nc2)nn1. The lowest BCUT2D eigenvalue weighted by Gasteiger charge is -2.17. The number of aromatic nitrogens is 6. The van der Waals surface area contributed by atoms with Crippen LogP contribution in [0.4, 0.5) is 11.8 Å². The van der Waals surface area contributed by atoms with Crippen LogP contribution in [0.15, 0.2) is 30.9 Å². The molecule has 3 aromatic rings. The van der Waals surface area contributed by atoms with Crippen LogP contribution < -0.4 is 10.6 Å². The first-order valence-corrected chi connectivity index (χ1v) is 10.9. The average molecular weight is 416 g/mol. The number of carbonyl (C=O) groups excluding carboxylic acids is 1. The Kier molecular flexibility index (Phi) is 4.22. The van der Waals surface area contributed by atoms with E-state index in [0.717, 1.165) is 60.4 Å². The molecule has 2 aliphatic carbocycles. The normalized spacial score (nSPS) is 23.6. The van der Waals surface area contributed by atoms with E-state index in [4.69, 9.17) is 5.73 Å². The van der Waals surface area contributed by atoms with Gasteiger partial charge in [0.25, 0.3) is 0 Å². The fourth-order valence-corrected chi connectivity index (χ4v) is 5.04. The molecular weight excluding hydrogens is 392 g/mol. The van der Waals surface area contributed by atoms with Crippen LogP contribution >= 0.6 is 0 Å². The highest BCUT2D eigenvalue weighted by Crippen LogP contribution is 2.45. The molecule has 6 rings (SSSR count). The summed E-state index contributed by atoms with van der Waals surface area (Å²) in [6.45, 7) is 2.64. The number of hydrogen-bond donors (Lipinski definition) is 1. The summed E-state index contributed by atoms with van der Waals surface area (Å²) in [5, 5.41) is 8.23. The van der Waals surface area contributed by atoms with Crippen molar-refractivity contribution in [1.82, 2.24) is 29.9 Å². The minimum atomic E-state index is -0.00122. The number of piperidine rings is 1. The molecule has 2 N–H and O–H groups in total. The number of pyridine rings is 1. The molecule has 1 saturated carbocycles. The quantitative estimate of drug-likeness (QED) is 0.605. The number of nitrogens with zero attached hydrogens (tertiary/aromatic N) is 7. The zero-order valence-electron chi connectivity index (χ0n) is 17.2. The number of anilines is 2. The maximum Gasteiger partial charge on any atom is 0.225 e. The van der Waals surface area contributed by atoms with E-state index in [0.29, 0.717) is 24.5 Å². The molecule has 0 radical (unpaired) electrons. The highest BCUT2D eigenvalue weighted by atomic mass is 16.1. The molecule has 9 nitrogen and oxygen atoms in total. The van der Waals surface area contributed by atoms with Crippen LogP contribution in [-0.2, 0) is 13.0 Å². The molecule has 2 fully saturated rings. The molecule has 3 aromatic heterocycles. The van der Waals surface area contributed by atoms with Crippen LogP contribution in [0.3, 0.4) is 0 Å². The van der Waals surface area contributed by atoms with E-state index in [1.54, 1.807) is 17.1 Å². The number of hydrogen-bond acceptors (Lipinski definition) is 8. The molecule has 0 bridgehead atoms. The van der Waals surface area contributed by atoms with Gasteiger partial charge in [-0.05, 0) is 54.2 Å². The molecule has 3 atom stereocenters. The second kappa shape index (κ2) is 7.11. The highest BCUT2D eigenvalue weighted by Gasteiger charge is 2.45. The molecule has 9 heteroatoms. The molecule has 0 spiro atoms. The summed E-state index contributed by atoms with van der Waals surface area (Å²) in [7, 11) is 0. The molecule has 1 aliphatic heterocycles. The smallest absolute Gasteiger partial charge is 0.225 e. The van der Waals surface area contributed by atoms with Crippen LogP contribution in [0.2, 0.25) is 0 Å². The molecule has 31 heavy (non-hydrogen) atoms. The van der Waals surface area contributed by atoms with Crippen molar-refractivity contribution in [2.24, 2.45) is 11.8 Å². The van der Waals surface area contributed by atoms with Crippen molar-refractivity contribution in [3.63, 3.8) is 0 Å². The number of Topliss-reactive ketones (excluding diaryl/α,β-unsaturated/α-hetero) is 1. The van der Waals surface area contributed by atoms with E-state index in [-0.39, 0.29) is 11.7 Å². The Morgan fingerprint density at radius 1 is 1.16 bits per heavy atom. The van der Waals surface area contributed by atoms with Crippen molar-refractivity contribution in [3.05, 3.63) is 53.2 Å². The Hall–Kier alpha value is -3.36. The summed E-state index contributed by atoms with van der Waals surface area (Å²) < 4.78 is 1.67. The monoisotopic (exact) mass is 416 g/mol. The minimum absolute atomic E-state index is 0.00122. The summed E-state index contributed by atoms with van der Waals surface area (Å²) in [4.78, 5) is 28.2. The van der Waals surface area contributed by atoms with Gasteiger partial charge in [0.2, 0.25) is 5.95 Å². The number of ketones is 1. The first kappa shape index (κ1) is 18.4. The van der Waals surface area contributed by atoms with Gasteiger partial charge in [-0.15, -0.1) is 5.10 Å². The molecule has 4 heterocycles. The van der Waals surface area contributed by atoms with E-state index >= 15 is 0 Å². The Bertz CT molecular complexity index is 1130. The van der Waals surface area contributed by atoms with Crippen molar-refractivity contribution in [3.8, 4) is 0 Å². The summed E-state index contributed by atoms with van der Waals surface area (Å²) in [6, 6.07) is 1.97. The van der Waals surface area contributed by atoms with Crippen LogP contribution in [-0.4, -0.2) is 48.8 Å². The largest absolute Gasteiger partial charge is 0.383 e. The van der Waals surface area contributed by atoms with Gasteiger partial charge in [-0.3, -0.25) is 4.79 Å². The van der Waals surface area contributed by atoms with Gasteiger partial charge >= 0.3 is 0 Å². The van der Waals surface area contributed by atoms with E-state index in [1.807, 2.05) is 18.5 Å². The zero-order chi connectivity index (χ0) is 20.9. The van der Waals surface area contributed by atoms with E-state index in [9.17, 15) is 4.79 Å². The fourth-order valence-electron chi connectivity index (χ4n) is 5.04. The number of carbonyl (C=O) groups is 1. The van der Waals surface area contributed by atoms with Gasteiger partial charge in [-0.25, -0.2) is 19.6 Å². The molecular formula is C22H24N8O. The number of rotatable bonds is 6. The van der Waals surface area contributed by atoms with Crippen molar-refractivity contribution in [2.45, 2.75) is 38.1 Å². The molecule has 0 amide bonds. The number of nitrogen functional groups attached to an aromatic ring is 1. The van der Waals surface area contributed by atoms with Crippen LogP contribution in [0.5, 0.6) is 0 Å². The van der Waals surface area contributed by atoms with E-state index in [2.05, 4.69) is 30.2 Å². The van der Waals surface area contributed by atoms with Crippen LogP contribution in [0, 0.1) is 11.8 Å². The van der Waals surface area contributed by atoms with Crippen LogP contribution in [0.1, 0.15) is 52.4 Å². The third-order valence-electron chi connectivity index (χ3n) is 6.86. The van der Waals surface area contributed by atoms with Crippen molar-refractivity contribution in [2.75, 3.05) is 23.7 Å². The number of nitrogens with two attached hydrogens (primary N) is 1. The molecule has 158 valence electrons. The predicted octanol–water partition coefficient (Wildman–Crippen LogP) is 1.85. The lowest BCUT2D eigenvalue weighted by Crippen LogP contribution is -2.24. The molecule has 3 aliphatic rings. The first-order chi connectivity index (χ1) is 15.1. The maximum atomic E-state index is 12.8. The van der Waals surface area contributed by atoms with Crippen molar-refractivity contribution in [1.29, 1.82) is 0 Å². The predicted molar refractivity (Wildman–Crippen MR) is 114 cm³/mol. The van der Waals surface area contributed by atoms with Gasteiger partial charge in [-0.2, -0.15) is 0 Å². The maximum absolute atomic E-state index is 12.8. The van der Waals surface area contributed by atoms with Gasteiger partial charge in [-0.1, -0.05) is 5.21 Å². The Morgan fingerprint density at radius 3 is 2.77 bits per heavy atom. The Labute approximate surface area is 179 Å². The van der Waals surface area contributed by atoms with E-state index < -0.39 is 0 Å². The van der Waals surface area contributed by atoms with Gasteiger partial charge in [0.15, 0.2) is 5.78 Å². The summed E-state index contributed by atoms with van der Waals surface area (Å²) in [5.74, 6) is 3.24. The van der Waals surface area contributed by atoms with Crippen molar-refractivity contribution < 1.29 is 4.79 Å². The Morgan fingerprint density at radius 2 is 1.97 bits per heavy atom. The van der Waals surface area contributed by atoms with E-state index in [1.165, 1.54) is 6.42 Å². The van der Waals surface area contributed by atoms with Gasteiger partial charge in [0.05, 0.1) is 12.7 Å². The lowest BCUT2D eigenvalue weighted by atomic mass is 9.95. The molecule has 0 aromatic carbocycles. The third kappa shape index (κ3) is 3.43. The average Bonchev–Trinajstić information content (AvgIpc) is 3.16. The zero-order valence-corrected chi connectivity index (χ0v) is 17.2. The summed E-state index contributed by atoms with van der Waals surface area (Å²) >= 11 is 0. The van der Waals surface area contributed by atoms with Gasteiger partial charge in [0, 0.05) is 43.7 Å². The minimum Gasteiger partial charge on any atom is -0.383 e.